The van der Waals surface area contributed by atoms with Crippen LogP contribution in [0.4, 0.5) is 0 Å². The van der Waals surface area contributed by atoms with Crippen molar-refractivity contribution in [1.82, 2.24) is 0 Å². The van der Waals surface area contributed by atoms with Crippen LogP contribution < -0.4 is 0 Å². The van der Waals surface area contributed by atoms with Gasteiger partial charge in [-0.25, -0.2) is 0 Å². The predicted octanol–water partition coefficient (Wildman–Crippen LogP) is 1.68. The quantitative estimate of drug-likeness (QED) is 0.674. The summed E-state index contributed by atoms with van der Waals surface area (Å²) in [6.45, 7) is 0. The molecule has 0 amide bonds. The van der Waals surface area contributed by atoms with E-state index in [-0.39, 0.29) is 21.1 Å². The first-order valence-corrected chi connectivity index (χ1v) is 2.00. The normalized spacial score (nSPS) is 6.86. The molecule has 1 rings (SSSR count). The molecule has 0 spiro atoms. The van der Waals surface area contributed by atoms with E-state index < -0.39 is 0 Å². The Kier molecular flexibility index (Phi) is 4.02. The van der Waals surface area contributed by atoms with Gasteiger partial charge in [0.2, 0.25) is 0 Å². The molecular weight excluding hydrogens is 267 g/mol. The average Bonchev–Trinajstić information content (AvgIpc) is 1.72. The molecule has 0 aromatic heterocycles. The summed E-state index contributed by atoms with van der Waals surface area (Å²) in [5.74, 6) is 0. The van der Waals surface area contributed by atoms with Crippen molar-refractivity contribution < 1.29 is 21.1 Å². The van der Waals surface area contributed by atoms with Gasteiger partial charge in [-0.15, -0.1) is 0 Å². The van der Waals surface area contributed by atoms with Crippen LogP contribution in [0.2, 0.25) is 0 Å². The second kappa shape index (κ2) is 4.08. The maximum absolute atomic E-state index is 2.00. The maximum atomic E-state index is 2.00. The van der Waals surface area contributed by atoms with Crippen LogP contribution in [0.25, 0.3) is 0 Å². The van der Waals surface area contributed by atoms with Crippen LogP contribution in [0, 0.1) is 0 Å². The van der Waals surface area contributed by atoms with Crippen LogP contribution >= 0.6 is 0 Å². The van der Waals surface area contributed by atoms with Crippen molar-refractivity contribution in [2.45, 2.75) is 0 Å². The summed E-state index contributed by atoms with van der Waals surface area (Å²) in [4.78, 5) is 0. The van der Waals surface area contributed by atoms with Gasteiger partial charge in [-0.1, -0.05) is 36.4 Å². The van der Waals surface area contributed by atoms with E-state index in [1.54, 1.807) is 0 Å². The van der Waals surface area contributed by atoms with E-state index in [2.05, 4.69) is 0 Å². The molecular formula is C6H6Pt. The van der Waals surface area contributed by atoms with Crippen molar-refractivity contribution in [2.24, 2.45) is 0 Å². The molecule has 0 saturated carbocycles. The number of benzene rings is 1. The van der Waals surface area contributed by atoms with Crippen LogP contribution in [0.5, 0.6) is 0 Å². The molecule has 0 N–H and O–H groups in total. The standard InChI is InChI=1S/C6H6.Pt/c1-2-4-6-5-3-1;/h1-6H;. The fourth-order valence-electron chi connectivity index (χ4n) is 0.385. The minimum absolute atomic E-state index is 0. The van der Waals surface area contributed by atoms with Crippen LogP contribution in [-0.2, 0) is 21.1 Å². The van der Waals surface area contributed by atoms with Crippen LogP contribution in [0.15, 0.2) is 36.4 Å². The summed E-state index contributed by atoms with van der Waals surface area (Å²) in [6, 6.07) is 12.0. The summed E-state index contributed by atoms with van der Waals surface area (Å²) in [7, 11) is 0. The Hall–Kier alpha value is -0.0917. The molecule has 1 aromatic carbocycles. The van der Waals surface area contributed by atoms with Gasteiger partial charge in [0, 0.05) is 21.1 Å². The third kappa shape index (κ3) is 2.59. The van der Waals surface area contributed by atoms with Gasteiger partial charge in [0.05, 0.1) is 0 Å². The van der Waals surface area contributed by atoms with E-state index in [0.717, 1.165) is 0 Å². The summed E-state index contributed by atoms with van der Waals surface area (Å²) >= 11 is 0. The van der Waals surface area contributed by atoms with E-state index in [0.29, 0.717) is 0 Å². The monoisotopic (exact) mass is 273 g/mol. The molecule has 0 bridgehead atoms. The zero-order valence-corrected chi connectivity index (χ0v) is 6.05. The minimum Gasteiger partial charge on any atom is -0.0623 e. The SMILES string of the molecule is [Pt].c1ccccc1. The summed E-state index contributed by atoms with van der Waals surface area (Å²) in [5.41, 5.74) is 0. The second-order valence-corrected chi connectivity index (χ2v) is 1.15. The van der Waals surface area contributed by atoms with Gasteiger partial charge in [-0.05, 0) is 0 Å². The summed E-state index contributed by atoms with van der Waals surface area (Å²) in [6.07, 6.45) is 0. The molecule has 1 aromatic rings. The molecule has 0 atom stereocenters. The van der Waals surface area contributed by atoms with Gasteiger partial charge in [-0.2, -0.15) is 0 Å². The average molecular weight is 273 g/mol. The third-order valence-electron chi connectivity index (χ3n) is 0.667. The van der Waals surface area contributed by atoms with Crippen molar-refractivity contribution >= 4 is 0 Å². The largest absolute Gasteiger partial charge is 0.0623 e. The van der Waals surface area contributed by atoms with Gasteiger partial charge in [0.25, 0.3) is 0 Å². The van der Waals surface area contributed by atoms with Gasteiger partial charge in [0.15, 0.2) is 0 Å². The molecule has 0 nitrogen and oxygen atoms in total. The van der Waals surface area contributed by atoms with E-state index >= 15 is 0 Å². The predicted molar refractivity (Wildman–Crippen MR) is 26.4 cm³/mol. The molecule has 40 valence electrons. The van der Waals surface area contributed by atoms with E-state index in [9.17, 15) is 0 Å². The van der Waals surface area contributed by atoms with Crippen molar-refractivity contribution in [1.29, 1.82) is 0 Å². The molecule has 0 aliphatic rings. The van der Waals surface area contributed by atoms with Crippen LogP contribution in [0.1, 0.15) is 0 Å². The zero-order chi connectivity index (χ0) is 4.24. The molecule has 0 aliphatic carbocycles. The molecule has 0 unspecified atom stereocenters. The summed E-state index contributed by atoms with van der Waals surface area (Å²) < 4.78 is 0. The first kappa shape index (κ1) is 6.91. The topological polar surface area (TPSA) is 0 Å². The van der Waals surface area contributed by atoms with Gasteiger partial charge >= 0.3 is 0 Å². The fourth-order valence-corrected chi connectivity index (χ4v) is 0.385. The fraction of sp³-hybridized carbons (Fsp3) is 0. The Morgan fingerprint density at radius 3 is 0.714 bits per heavy atom. The molecule has 0 aliphatic heterocycles. The number of hydrogen-bond acceptors (Lipinski definition) is 0. The van der Waals surface area contributed by atoms with E-state index in [1.807, 2.05) is 36.4 Å². The Morgan fingerprint density at radius 1 is 0.429 bits per heavy atom. The Labute approximate surface area is 57.8 Å². The van der Waals surface area contributed by atoms with Crippen molar-refractivity contribution in [2.75, 3.05) is 0 Å². The van der Waals surface area contributed by atoms with Crippen molar-refractivity contribution in [3.63, 3.8) is 0 Å². The van der Waals surface area contributed by atoms with Crippen molar-refractivity contribution in [3.8, 4) is 0 Å². The van der Waals surface area contributed by atoms with Gasteiger partial charge in [-0.3, -0.25) is 0 Å². The number of rotatable bonds is 0. The molecule has 7 heavy (non-hydrogen) atoms. The molecule has 1 heteroatoms. The molecule has 0 radical (unpaired) electrons. The molecule has 0 saturated heterocycles. The van der Waals surface area contributed by atoms with Crippen molar-refractivity contribution in [3.05, 3.63) is 36.4 Å². The first-order chi connectivity index (χ1) is 3.00. The number of hydrogen-bond donors (Lipinski definition) is 0. The Morgan fingerprint density at radius 2 is 0.571 bits per heavy atom. The maximum Gasteiger partial charge on any atom is 0 e. The smallest absolute Gasteiger partial charge is 0 e. The van der Waals surface area contributed by atoms with E-state index in [1.165, 1.54) is 0 Å². The first-order valence-electron chi connectivity index (χ1n) is 2.00. The van der Waals surface area contributed by atoms with Gasteiger partial charge < -0.3 is 0 Å². The summed E-state index contributed by atoms with van der Waals surface area (Å²) in [5, 5.41) is 0. The van der Waals surface area contributed by atoms with Crippen LogP contribution in [-0.4, -0.2) is 0 Å². The minimum atomic E-state index is 0. The van der Waals surface area contributed by atoms with Crippen LogP contribution in [0.3, 0.4) is 0 Å². The van der Waals surface area contributed by atoms with E-state index in [4.69, 9.17) is 0 Å². The second-order valence-electron chi connectivity index (χ2n) is 1.15. The Bertz CT molecular complexity index is 76.1. The molecule has 0 heterocycles. The third-order valence-corrected chi connectivity index (χ3v) is 0.667. The Balaban J connectivity index is 0.000000360. The zero-order valence-electron chi connectivity index (χ0n) is 3.78. The van der Waals surface area contributed by atoms with Gasteiger partial charge in [0.1, 0.15) is 0 Å². The molecule has 0 fully saturated rings.